The quantitative estimate of drug-likeness (QED) is 0.237. The lowest BCUT2D eigenvalue weighted by Gasteiger charge is -2.29. The first-order valence-corrected chi connectivity index (χ1v) is 13.9. The summed E-state index contributed by atoms with van der Waals surface area (Å²) < 4.78 is 2.21. The molecule has 5 heteroatoms. The van der Waals surface area contributed by atoms with Gasteiger partial charge in [-0.15, -0.1) is 11.3 Å². The molecule has 0 atom stereocenters. The standard InChI is InChI=1S/C31H31N3OS/c35-30(25-12-5-2-6-13-25)33(20-23-9-3-1-4-10-23)18-17-28-22-36-31-32-29(21-34(28)31)27-16-15-24-11-7-8-14-26(24)19-27/h1,3-4,7-11,14-16,19,21-22,25H,2,5-6,12-13,17-18,20H2. The van der Waals surface area contributed by atoms with E-state index in [1.165, 1.54) is 41.3 Å². The molecule has 1 fully saturated rings. The summed E-state index contributed by atoms with van der Waals surface area (Å²) in [6.07, 6.45) is 8.64. The van der Waals surface area contributed by atoms with Crippen LogP contribution in [0.15, 0.2) is 84.4 Å². The zero-order valence-electron chi connectivity index (χ0n) is 20.5. The summed E-state index contributed by atoms with van der Waals surface area (Å²) in [6.45, 7) is 1.40. The first-order chi connectivity index (χ1) is 17.7. The van der Waals surface area contributed by atoms with Crippen molar-refractivity contribution in [1.29, 1.82) is 0 Å². The number of amides is 1. The molecule has 0 aliphatic heterocycles. The summed E-state index contributed by atoms with van der Waals surface area (Å²) in [7, 11) is 0. The highest BCUT2D eigenvalue weighted by Crippen LogP contribution is 2.28. The van der Waals surface area contributed by atoms with Crippen LogP contribution >= 0.6 is 11.3 Å². The zero-order chi connectivity index (χ0) is 24.3. The lowest BCUT2D eigenvalue weighted by molar-refractivity contribution is -0.137. The van der Waals surface area contributed by atoms with Crippen LogP contribution in [-0.2, 0) is 17.8 Å². The molecule has 182 valence electrons. The van der Waals surface area contributed by atoms with Crippen molar-refractivity contribution in [3.05, 3.63) is 95.6 Å². The number of rotatable bonds is 7. The molecule has 36 heavy (non-hydrogen) atoms. The molecule has 1 amide bonds. The Labute approximate surface area is 216 Å². The Morgan fingerprint density at radius 2 is 1.72 bits per heavy atom. The Bertz CT molecular complexity index is 1480. The third-order valence-electron chi connectivity index (χ3n) is 7.45. The lowest BCUT2D eigenvalue weighted by Crippen LogP contribution is -2.38. The number of carbonyl (C=O) groups is 1. The smallest absolute Gasteiger partial charge is 0.225 e. The fourth-order valence-corrected chi connectivity index (χ4v) is 6.33. The van der Waals surface area contributed by atoms with E-state index in [1.807, 2.05) is 6.07 Å². The molecule has 0 radical (unpaired) electrons. The van der Waals surface area contributed by atoms with Gasteiger partial charge >= 0.3 is 0 Å². The number of imidazole rings is 1. The van der Waals surface area contributed by atoms with Gasteiger partial charge in [0.15, 0.2) is 4.96 Å². The van der Waals surface area contributed by atoms with Gasteiger partial charge in [0, 0.05) is 48.3 Å². The van der Waals surface area contributed by atoms with Crippen molar-refractivity contribution < 1.29 is 4.79 Å². The van der Waals surface area contributed by atoms with Gasteiger partial charge in [-0.3, -0.25) is 9.20 Å². The molecular weight excluding hydrogens is 462 g/mol. The molecule has 3 aromatic carbocycles. The average molecular weight is 494 g/mol. The minimum atomic E-state index is 0.178. The highest BCUT2D eigenvalue weighted by Gasteiger charge is 2.26. The molecule has 4 nitrogen and oxygen atoms in total. The SMILES string of the molecule is O=C(C1CCCCC1)N(CCc1csc2nc(-c3ccc4ccccc4c3)cn12)Cc1ccccc1. The van der Waals surface area contributed by atoms with E-state index in [1.54, 1.807) is 11.3 Å². The van der Waals surface area contributed by atoms with E-state index in [0.29, 0.717) is 12.5 Å². The molecule has 6 rings (SSSR count). The number of thiazole rings is 1. The van der Waals surface area contributed by atoms with Gasteiger partial charge in [0.2, 0.25) is 5.91 Å². The van der Waals surface area contributed by atoms with E-state index in [2.05, 4.69) is 87.6 Å². The van der Waals surface area contributed by atoms with Crippen molar-refractivity contribution in [3.63, 3.8) is 0 Å². The van der Waals surface area contributed by atoms with Crippen LogP contribution in [0.3, 0.4) is 0 Å². The predicted octanol–water partition coefficient (Wildman–Crippen LogP) is 7.37. The second-order valence-corrected chi connectivity index (χ2v) is 10.7. The van der Waals surface area contributed by atoms with Crippen LogP contribution in [0.4, 0.5) is 0 Å². The molecule has 0 bridgehead atoms. The number of benzene rings is 3. The first-order valence-electron chi connectivity index (χ1n) is 13.0. The lowest BCUT2D eigenvalue weighted by atomic mass is 9.88. The van der Waals surface area contributed by atoms with Gasteiger partial charge < -0.3 is 4.90 Å². The number of hydrogen-bond donors (Lipinski definition) is 0. The van der Waals surface area contributed by atoms with Crippen LogP contribution in [0.1, 0.15) is 43.4 Å². The molecule has 5 aromatic rings. The Balaban J connectivity index is 1.23. The second kappa shape index (κ2) is 10.3. The molecule has 0 saturated heterocycles. The van der Waals surface area contributed by atoms with Crippen molar-refractivity contribution in [2.45, 2.75) is 45.1 Å². The molecule has 0 spiro atoms. The van der Waals surface area contributed by atoms with E-state index in [-0.39, 0.29) is 5.92 Å². The van der Waals surface area contributed by atoms with Gasteiger partial charge in [-0.1, -0.05) is 86.0 Å². The number of carbonyl (C=O) groups excluding carboxylic acids is 1. The summed E-state index contributed by atoms with van der Waals surface area (Å²) >= 11 is 1.67. The van der Waals surface area contributed by atoms with Crippen molar-refractivity contribution in [3.8, 4) is 11.3 Å². The Kier molecular flexibility index (Phi) is 6.56. The molecule has 2 heterocycles. The third kappa shape index (κ3) is 4.80. The van der Waals surface area contributed by atoms with E-state index in [9.17, 15) is 4.79 Å². The first kappa shape index (κ1) is 23.0. The van der Waals surface area contributed by atoms with Crippen LogP contribution in [0, 0.1) is 5.92 Å². The Morgan fingerprint density at radius 1 is 0.944 bits per heavy atom. The van der Waals surface area contributed by atoms with Crippen molar-refractivity contribution >= 4 is 33.0 Å². The highest BCUT2D eigenvalue weighted by atomic mass is 32.1. The van der Waals surface area contributed by atoms with E-state index in [0.717, 1.165) is 42.0 Å². The van der Waals surface area contributed by atoms with Crippen LogP contribution in [-0.4, -0.2) is 26.7 Å². The largest absolute Gasteiger partial charge is 0.338 e. The van der Waals surface area contributed by atoms with Crippen LogP contribution in [0.25, 0.3) is 27.0 Å². The maximum Gasteiger partial charge on any atom is 0.225 e. The maximum atomic E-state index is 13.5. The topological polar surface area (TPSA) is 37.6 Å². The van der Waals surface area contributed by atoms with E-state index >= 15 is 0 Å². The fraction of sp³-hybridized carbons (Fsp3) is 0.290. The molecule has 1 aliphatic rings. The molecule has 2 aromatic heterocycles. The van der Waals surface area contributed by atoms with Crippen LogP contribution in [0.5, 0.6) is 0 Å². The number of nitrogens with zero attached hydrogens (tertiary/aromatic N) is 3. The molecule has 0 unspecified atom stereocenters. The second-order valence-electron chi connectivity index (χ2n) is 9.90. The summed E-state index contributed by atoms with van der Waals surface area (Å²) in [5, 5.41) is 4.66. The van der Waals surface area contributed by atoms with E-state index < -0.39 is 0 Å². The fourth-order valence-electron chi connectivity index (χ4n) is 5.43. The van der Waals surface area contributed by atoms with Gasteiger partial charge in [0.25, 0.3) is 0 Å². The highest BCUT2D eigenvalue weighted by molar-refractivity contribution is 7.15. The van der Waals surface area contributed by atoms with Gasteiger partial charge in [0.1, 0.15) is 0 Å². The maximum absolute atomic E-state index is 13.5. The average Bonchev–Trinajstić information content (AvgIpc) is 3.53. The number of fused-ring (bicyclic) bond motifs is 2. The van der Waals surface area contributed by atoms with Crippen molar-refractivity contribution in [2.24, 2.45) is 5.92 Å². The van der Waals surface area contributed by atoms with Crippen molar-refractivity contribution in [2.75, 3.05) is 6.54 Å². The third-order valence-corrected chi connectivity index (χ3v) is 8.34. The minimum absolute atomic E-state index is 0.178. The van der Waals surface area contributed by atoms with Gasteiger partial charge in [-0.05, 0) is 35.2 Å². The summed E-state index contributed by atoms with van der Waals surface area (Å²) in [5.41, 5.74) is 4.53. The molecule has 1 saturated carbocycles. The van der Waals surface area contributed by atoms with Crippen LogP contribution in [0.2, 0.25) is 0 Å². The molecule has 1 aliphatic carbocycles. The zero-order valence-corrected chi connectivity index (χ0v) is 21.3. The van der Waals surface area contributed by atoms with Gasteiger partial charge in [0.05, 0.1) is 5.69 Å². The summed E-state index contributed by atoms with van der Waals surface area (Å²) in [5.74, 6) is 0.505. The minimum Gasteiger partial charge on any atom is -0.338 e. The van der Waals surface area contributed by atoms with Gasteiger partial charge in [-0.25, -0.2) is 4.98 Å². The molecule has 0 N–H and O–H groups in total. The van der Waals surface area contributed by atoms with Crippen LogP contribution < -0.4 is 0 Å². The monoisotopic (exact) mass is 493 g/mol. The van der Waals surface area contributed by atoms with Gasteiger partial charge in [-0.2, -0.15) is 0 Å². The number of hydrogen-bond acceptors (Lipinski definition) is 3. The Hall–Kier alpha value is -3.44. The molecular formula is C31H31N3OS. The Morgan fingerprint density at radius 3 is 2.56 bits per heavy atom. The van der Waals surface area contributed by atoms with Crippen molar-refractivity contribution in [1.82, 2.24) is 14.3 Å². The predicted molar refractivity (Wildman–Crippen MR) is 148 cm³/mol. The normalized spacial score (nSPS) is 14.4. The summed E-state index contributed by atoms with van der Waals surface area (Å²) in [6, 6.07) is 25.3. The van der Waals surface area contributed by atoms with E-state index in [4.69, 9.17) is 4.98 Å². The summed E-state index contributed by atoms with van der Waals surface area (Å²) in [4.78, 5) is 21.5. The number of aromatic nitrogens is 2.